The number of pyridine rings is 2. The topological polar surface area (TPSA) is 81.8 Å². The molecule has 1 N–H and O–H groups in total. The molecule has 1 amide bonds. The first-order valence-corrected chi connectivity index (χ1v) is 12.4. The highest BCUT2D eigenvalue weighted by Crippen LogP contribution is 2.28. The molecule has 0 aliphatic heterocycles. The van der Waals surface area contributed by atoms with E-state index in [9.17, 15) is 14.0 Å². The van der Waals surface area contributed by atoms with Gasteiger partial charge in [-0.05, 0) is 81.8 Å². The van der Waals surface area contributed by atoms with E-state index in [2.05, 4.69) is 15.3 Å². The first kappa shape index (κ1) is 24.2. The Hall–Kier alpha value is -3.52. The van der Waals surface area contributed by atoms with Gasteiger partial charge in [-0.1, -0.05) is 11.6 Å². The predicted molar refractivity (Wildman–Crippen MR) is 137 cm³/mol. The first-order chi connectivity index (χ1) is 17.3. The summed E-state index contributed by atoms with van der Waals surface area (Å²) in [6, 6.07) is 9.81. The summed E-state index contributed by atoms with van der Waals surface area (Å²) in [6.45, 7) is 4.16. The molecule has 0 radical (unpaired) electrons. The average molecular weight is 508 g/mol. The second-order valence-corrected chi connectivity index (χ2v) is 9.93. The fourth-order valence-corrected chi connectivity index (χ4v) is 5.15. The van der Waals surface area contributed by atoms with Crippen molar-refractivity contribution in [1.29, 1.82) is 0 Å². The normalized spacial score (nSPS) is 17.9. The molecule has 1 aliphatic carbocycles. The van der Waals surface area contributed by atoms with Gasteiger partial charge in [0.15, 0.2) is 0 Å². The molecule has 4 aromatic rings. The Morgan fingerprint density at radius 3 is 2.56 bits per heavy atom. The Labute approximate surface area is 213 Å². The summed E-state index contributed by atoms with van der Waals surface area (Å²) in [5.74, 6) is -0.316. The van der Waals surface area contributed by atoms with E-state index in [4.69, 9.17) is 11.6 Å². The summed E-state index contributed by atoms with van der Waals surface area (Å²) >= 11 is 6.01. The van der Waals surface area contributed by atoms with Gasteiger partial charge >= 0.3 is 5.69 Å². The van der Waals surface area contributed by atoms with Crippen LogP contribution in [0.25, 0.3) is 16.7 Å². The van der Waals surface area contributed by atoms with Crippen molar-refractivity contribution in [3.63, 3.8) is 0 Å². The number of carbonyl (C=O) groups is 1. The Balaban J connectivity index is 1.33. The standard InChI is InChI=1S/C27H27ClFN5O2/c1-16-3-9-22(14-30-16)34-24-10-6-20(29)12-25(24)33(27(34)36)15-18-4-7-21(8-5-18)32-26(35)23-11-19(28)13-31-17(23)2/h3,6,9-14,18,21H,4-5,7-8,15H2,1-2H3,(H,32,35). The number of halogens is 2. The monoisotopic (exact) mass is 507 g/mol. The Morgan fingerprint density at radius 2 is 1.83 bits per heavy atom. The number of aromatic nitrogens is 4. The second kappa shape index (κ2) is 9.85. The molecular formula is C27H27ClFN5O2. The van der Waals surface area contributed by atoms with Gasteiger partial charge in [-0.15, -0.1) is 0 Å². The fraction of sp³-hybridized carbons (Fsp3) is 0.333. The number of imidazole rings is 1. The molecule has 0 unspecified atom stereocenters. The predicted octanol–water partition coefficient (Wildman–Crippen LogP) is 4.98. The quantitative estimate of drug-likeness (QED) is 0.413. The lowest BCUT2D eigenvalue weighted by molar-refractivity contribution is 0.0919. The molecule has 5 rings (SSSR count). The minimum atomic E-state index is -0.382. The Bertz CT molecular complexity index is 1490. The van der Waals surface area contributed by atoms with Crippen LogP contribution in [0, 0.1) is 25.6 Å². The van der Waals surface area contributed by atoms with Crippen LogP contribution in [0.1, 0.15) is 47.4 Å². The molecule has 186 valence electrons. The molecule has 3 heterocycles. The van der Waals surface area contributed by atoms with Crippen molar-refractivity contribution in [2.24, 2.45) is 5.92 Å². The van der Waals surface area contributed by atoms with E-state index >= 15 is 0 Å². The number of nitrogens with one attached hydrogen (secondary N) is 1. The minimum absolute atomic E-state index is 0.0428. The number of nitrogens with zero attached hydrogens (tertiary/aromatic N) is 4. The molecule has 1 fully saturated rings. The molecule has 9 heteroatoms. The van der Waals surface area contributed by atoms with E-state index in [1.165, 1.54) is 18.3 Å². The van der Waals surface area contributed by atoms with E-state index in [-0.39, 0.29) is 29.4 Å². The number of rotatable bonds is 5. The number of aryl methyl sites for hydroxylation is 2. The van der Waals surface area contributed by atoms with Gasteiger partial charge in [0.1, 0.15) is 5.82 Å². The molecule has 0 bridgehead atoms. The number of fused-ring (bicyclic) bond motifs is 1. The summed E-state index contributed by atoms with van der Waals surface area (Å²) in [4.78, 5) is 34.7. The SMILES string of the molecule is Cc1ccc(-n2c(=O)n(CC3CCC(NC(=O)c4cc(Cl)cnc4C)CC3)c3cc(F)ccc32)cn1. The smallest absolute Gasteiger partial charge is 0.333 e. The van der Waals surface area contributed by atoms with Crippen LogP contribution >= 0.6 is 11.6 Å². The van der Waals surface area contributed by atoms with Gasteiger partial charge < -0.3 is 5.32 Å². The van der Waals surface area contributed by atoms with Crippen molar-refractivity contribution in [1.82, 2.24) is 24.4 Å². The summed E-state index contributed by atoms with van der Waals surface area (Å²) in [5.41, 5.74) is 3.64. The lowest BCUT2D eigenvalue weighted by atomic mass is 9.85. The summed E-state index contributed by atoms with van der Waals surface area (Å²) in [7, 11) is 0. The van der Waals surface area contributed by atoms with Crippen LogP contribution < -0.4 is 11.0 Å². The lowest BCUT2D eigenvalue weighted by Crippen LogP contribution is -2.39. The largest absolute Gasteiger partial charge is 0.349 e. The second-order valence-electron chi connectivity index (χ2n) is 9.50. The van der Waals surface area contributed by atoms with Crippen LogP contribution in [0.3, 0.4) is 0 Å². The van der Waals surface area contributed by atoms with Gasteiger partial charge in [0.25, 0.3) is 5.91 Å². The van der Waals surface area contributed by atoms with Crippen molar-refractivity contribution in [3.8, 4) is 5.69 Å². The Morgan fingerprint density at radius 1 is 1.06 bits per heavy atom. The van der Waals surface area contributed by atoms with Crippen molar-refractivity contribution in [2.45, 2.75) is 52.1 Å². The van der Waals surface area contributed by atoms with E-state index in [0.29, 0.717) is 39.5 Å². The summed E-state index contributed by atoms with van der Waals surface area (Å²) < 4.78 is 17.4. The average Bonchev–Trinajstić information content (AvgIpc) is 3.12. The third kappa shape index (κ3) is 4.78. The zero-order chi connectivity index (χ0) is 25.4. The van der Waals surface area contributed by atoms with Crippen LogP contribution in [0.4, 0.5) is 4.39 Å². The zero-order valence-electron chi connectivity index (χ0n) is 20.2. The highest BCUT2D eigenvalue weighted by Gasteiger charge is 2.26. The summed E-state index contributed by atoms with van der Waals surface area (Å²) in [6.07, 6.45) is 6.48. The molecular weight excluding hydrogens is 481 g/mol. The number of hydrogen-bond acceptors (Lipinski definition) is 4. The number of hydrogen-bond donors (Lipinski definition) is 1. The number of benzene rings is 1. The maximum atomic E-state index is 14.2. The van der Waals surface area contributed by atoms with Crippen molar-refractivity contribution in [3.05, 3.63) is 87.1 Å². The van der Waals surface area contributed by atoms with E-state index in [1.807, 2.05) is 19.1 Å². The molecule has 0 atom stereocenters. The first-order valence-electron chi connectivity index (χ1n) is 12.1. The zero-order valence-corrected chi connectivity index (χ0v) is 20.9. The molecule has 0 saturated heterocycles. The maximum absolute atomic E-state index is 14.2. The van der Waals surface area contributed by atoms with Gasteiger partial charge in [-0.2, -0.15) is 0 Å². The van der Waals surface area contributed by atoms with E-state index in [0.717, 1.165) is 31.4 Å². The fourth-order valence-electron chi connectivity index (χ4n) is 5.00. The van der Waals surface area contributed by atoms with Gasteiger partial charge in [0.05, 0.1) is 39.2 Å². The maximum Gasteiger partial charge on any atom is 0.333 e. The molecule has 1 aliphatic rings. The van der Waals surface area contributed by atoms with Gasteiger partial charge in [-0.25, -0.2) is 9.18 Å². The molecule has 7 nitrogen and oxygen atoms in total. The van der Waals surface area contributed by atoms with Crippen molar-refractivity contribution >= 4 is 28.5 Å². The third-order valence-electron chi connectivity index (χ3n) is 6.97. The van der Waals surface area contributed by atoms with Gasteiger partial charge in [0, 0.05) is 24.5 Å². The van der Waals surface area contributed by atoms with Crippen LogP contribution in [-0.2, 0) is 6.54 Å². The lowest BCUT2D eigenvalue weighted by Gasteiger charge is -2.29. The van der Waals surface area contributed by atoms with E-state index < -0.39 is 0 Å². The van der Waals surface area contributed by atoms with Crippen LogP contribution in [0.15, 0.2) is 53.6 Å². The van der Waals surface area contributed by atoms with Crippen molar-refractivity contribution < 1.29 is 9.18 Å². The van der Waals surface area contributed by atoms with E-state index in [1.54, 1.807) is 34.4 Å². The molecule has 1 aromatic carbocycles. The Kier molecular flexibility index (Phi) is 6.62. The van der Waals surface area contributed by atoms with Gasteiger partial charge in [0.2, 0.25) is 0 Å². The number of carbonyl (C=O) groups excluding carboxylic acids is 1. The summed E-state index contributed by atoms with van der Waals surface area (Å²) in [5, 5.41) is 3.53. The molecule has 3 aromatic heterocycles. The highest BCUT2D eigenvalue weighted by molar-refractivity contribution is 6.30. The molecule has 1 saturated carbocycles. The van der Waals surface area contributed by atoms with Crippen LogP contribution in [0.2, 0.25) is 5.02 Å². The highest BCUT2D eigenvalue weighted by atomic mass is 35.5. The van der Waals surface area contributed by atoms with Crippen molar-refractivity contribution in [2.75, 3.05) is 0 Å². The molecule has 36 heavy (non-hydrogen) atoms. The number of amides is 1. The van der Waals surface area contributed by atoms with Gasteiger partial charge in [-0.3, -0.25) is 23.9 Å². The van der Waals surface area contributed by atoms with Crippen LogP contribution in [0.5, 0.6) is 0 Å². The van der Waals surface area contributed by atoms with Crippen LogP contribution in [-0.4, -0.2) is 31.1 Å². The minimum Gasteiger partial charge on any atom is -0.349 e. The third-order valence-corrected chi connectivity index (χ3v) is 7.17. The molecule has 0 spiro atoms.